The zero-order valence-electron chi connectivity index (χ0n) is 42.2. The molecule has 4 heterocycles. The third-order valence-electron chi connectivity index (χ3n) is 15.4. The van der Waals surface area contributed by atoms with E-state index in [9.17, 15) is 29.4 Å². The number of piperidine rings is 1. The molecule has 1 amide bonds. The van der Waals surface area contributed by atoms with Gasteiger partial charge in [0.15, 0.2) is 0 Å². The standard InChI is InChI=1S/C55H78N2O12/c1-11-15-40-28-34(4)49(59)35(5)29-47(65-9)51-48(66-10)30-37(7)55(63,69-51)52(60)53(61)57-25-14-13-16-43(57)54(62)68-50(33(3)17-21-44(40)58)36(6)27-38-18-22-45(46(31-38)64-8)67-41-19-20-42-39(32-41)23-26-56(42)24-12-2/h11-12,19-20,23,26-28,32-33,35,37-38,40,43,45-51,59,63H,1-2,13-18,21-22,24-25,29-31H2,3-10H3/b34-28+,36-27?. The normalized spacial score (nSPS) is 35.9. The second kappa shape index (κ2) is 24.1. The van der Waals surface area contributed by atoms with Crippen LogP contribution in [0.25, 0.3) is 10.9 Å². The Morgan fingerprint density at radius 2 is 1.61 bits per heavy atom. The Labute approximate surface area is 409 Å². The van der Waals surface area contributed by atoms with E-state index in [0.29, 0.717) is 37.7 Å². The van der Waals surface area contributed by atoms with Crippen molar-refractivity contribution < 1.29 is 57.8 Å². The molecule has 1 aliphatic carbocycles. The number of benzene rings is 1. The van der Waals surface area contributed by atoms with Crippen LogP contribution in [0.4, 0.5) is 0 Å². The molecule has 4 aliphatic rings. The van der Waals surface area contributed by atoms with Crippen molar-refractivity contribution in [1.82, 2.24) is 9.47 Å². The number of ketones is 2. The van der Waals surface area contributed by atoms with E-state index in [2.05, 4.69) is 42.0 Å². The molecule has 2 bridgehead atoms. The molecular formula is C55H78N2O12. The van der Waals surface area contributed by atoms with E-state index in [1.807, 2.05) is 45.2 Å². The summed E-state index contributed by atoms with van der Waals surface area (Å²) >= 11 is 0. The third-order valence-corrected chi connectivity index (χ3v) is 15.4. The Bertz CT molecular complexity index is 2200. The first-order chi connectivity index (χ1) is 33.0. The number of cyclic esters (lactones) is 1. The van der Waals surface area contributed by atoms with Crippen LogP contribution in [0.15, 0.2) is 79.1 Å². The van der Waals surface area contributed by atoms with Crippen LogP contribution in [0.2, 0.25) is 0 Å². The Morgan fingerprint density at radius 3 is 2.30 bits per heavy atom. The minimum Gasteiger partial charge on any atom is -0.488 e. The lowest BCUT2D eigenvalue weighted by Crippen LogP contribution is -2.64. The lowest BCUT2D eigenvalue weighted by atomic mass is 9.81. The molecule has 69 heavy (non-hydrogen) atoms. The third kappa shape index (κ3) is 12.4. The fourth-order valence-corrected chi connectivity index (χ4v) is 11.2. The summed E-state index contributed by atoms with van der Waals surface area (Å²) in [5.74, 6) is -6.78. The van der Waals surface area contributed by atoms with Crippen molar-refractivity contribution in [3.63, 3.8) is 0 Å². The van der Waals surface area contributed by atoms with Crippen LogP contribution in [-0.2, 0) is 49.4 Å². The van der Waals surface area contributed by atoms with E-state index >= 15 is 0 Å². The molecule has 3 fully saturated rings. The number of esters is 1. The number of hydrogen-bond donors (Lipinski definition) is 2. The van der Waals surface area contributed by atoms with Gasteiger partial charge in [0.2, 0.25) is 5.79 Å². The summed E-state index contributed by atoms with van der Waals surface area (Å²) in [6.07, 6.45) is 9.97. The molecule has 6 rings (SSSR count). The molecule has 2 saturated heterocycles. The van der Waals surface area contributed by atoms with Crippen LogP contribution in [0.1, 0.15) is 105 Å². The van der Waals surface area contributed by atoms with E-state index in [4.69, 9.17) is 28.4 Å². The monoisotopic (exact) mass is 959 g/mol. The van der Waals surface area contributed by atoms with Crippen molar-refractivity contribution in [1.29, 1.82) is 0 Å². The molecule has 3 aliphatic heterocycles. The number of carbonyl (C=O) groups excluding carboxylic acids is 4. The summed E-state index contributed by atoms with van der Waals surface area (Å²) in [5.41, 5.74) is 2.51. The second-order valence-corrected chi connectivity index (χ2v) is 20.2. The van der Waals surface area contributed by atoms with Crippen molar-refractivity contribution in [2.24, 2.45) is 29.6 Å². The van der Waals surface area contributed by atoms with Gasteiger partial charge < -0.3 is 48.1 Å². The highest BCUT2D eigenvalue weighted by atomic mass is 16.7. The van der Waals surface area contributed by atoms with Crippen molar-refractivity contribution in [3.8, 4) is 5.75 Å². The minimum absolute atomic E-state index is 0.0300. The number of aliphatic hydroxyl groups is 2. The van der Waals surface area contributed by atoms with E-state index < -0.39 is 77.8 Å². The number of ether oxygens (including phenoxy) is 6. The molecule has 1 aromatic heterocycles. The lowest BCUT2D eigenvalue weighted by molar-refractivity contribution is -0.302. The van der Waals surface area contributed by atoms with Crippen LogP contribution in [0, 0.1) is 29.6 Å². The Kier molecular flexibility index (Phi) is 18.8. The van der Waals surface area contributed by atoms with Gasteiger partial charge in [-0.15, -0.1) is 13.2 Å². The number of rotatable bonds is 11. The van der Waals surface area contributed by atoms with Gasteiger partial charge in [0.1, 0.15) is 35.9 Å². The zero-order chi connectivity index (χ0) is 50.2. The van der Waals surface area contributed by atoms with Crippen LogP contribution < -0.4 is 4.74 Å². The maximum Gasteiger partial charge on any atom is 0.329 e. The fraction of sp³-hybridized carbons (Fsp3) is 0.636. The van der Waals surface area contributed by atoms with E-state index in [0.717, 1.165) is 41.6 Å². The highest BCUT2D eigenvalue weighted by Crippen LogP contribution is 2.40. The van der Waals surface area contributed by atoms with Gasteiger partial charge in [0.05, 0.1) is 24.4 Å². The van der Waals surface area contributed by atoms with E-state index in [-0.39, 0.29) is 62.1 Å². The number of hydrogen-bond acceptors (Lipinski definition) is 12. The lowest BCUT2D eigenvalue weighted by Gasteiger charge is -2.47. The summed E-state index contributed by atoms with van der Waals surface area (Å²) in [5, 5.41) is 24.9. The summed E-state index contributed by atoms with van der Waals surface area (Å²) in [7, 11) is 4.68. The van der Waals surface area contributed by atoms with Crippen molar-refractivity contribution in [2.75, 3.05) is 27.9 Å². The van der Waals surface area contributed by atoms with Crippen molar-refractivity contribution in [3.05, 3.63) is 79.1 Å². The molecule has 2 N–H and O–H groups in total. The average Bonchev–Trinajstić information content (AvgIpc) is 3.75. The van der Waals surface area contributed by atoms with Gasteiger partial charge in [-0.05, 0) is 131 Å². The average molecular weight is 959 g/mol. The molecule has 0 spiro atoms. The van der Waals surface area contributed by atoms with Gasteiger partial charge in [-0.2, -0.15) is 0 Å². The summed E-state index contributed by atoms with van der Waals surface area (Å²) in [4.78, 5) is 58.7. The first-order valence-corrected chi connectivity index (χ1v) is 25.1. The molecular weight excluding hydrogens is 881 g/mol. The molecule has 380 valence electrons. The predicted octanol–water partition coefficient (Wildman–Crippen LogP) is 7.87. The SMILES string of the molecule is C=CCC1/C=C(\C)C(O)C(C)CC(OC)C2OC(O)(C(=O)C(=O)N3CCCCC3C(=O)OC(C(C)=CC3CCC(Oc4ccc5c(ccn5CC=C)c4)C(OC)C3)C(C)CCC1=O)C(C)CC2OC. The van der Waals surface area contributed by atoms with Crippen LogP contribution in [-0.4, -0.2) is 126 Å². The Hall–Kier alpha value is -4.44. The van der Waals surface area contributed by atoms with Crippen molar-refractivity contribution in [2.45, 2.75) is 166 Å². The van der Waals surface area contributed by atoms with Crippen LogP contribution >= 0.6 is 0 Å². The van der Waals surface area contributed by atoms with E-state index in [1.54, 1.807) is 27.0 Å². The van der Waals surface area contributed by atoms with Gasteiger partial charge in [-0.25, -0.2) is 4.79 Å². The van der Waals surface area contributed by atoms with Crippen molar-refractivity contribution >= 4 is 34.3 Å². The summed E-state index contributed by atoms with van der Waals surface area (Å²) < 4.78 is 39.2. The Morgan fingerprint density at radius 1 is 0.884 bits per heavy atom. The molecule has 0 radical (unpaired) electrons. The van der Waals surface area contributed by atoms with Gasteiger partial charge in [-0.3, -0.25) is 14.4 Å². The van der Waals surface area contributed by atoms with Gasteiger partial charge >= 0.3 is 5.97 Å². The maximum atomic E-state index is 14.6. The topological polar surface area (TPSA) is 172 Å². The number of aliphatic hydroxyl groups excluding tert-OH is 1. The number of fused-ring (bicyclic) bond motifs is 4. The number of nitrogens with zero attached hydrogens (tertiary/aromatic N) is 2. The highest BCUT2D eigenvalue weighted by Gasteiger charge is 2.56. The number of amides is 1. The van der Waals surface area contributed by atoms with Crippen LogP contribution in [0.5, 0.6) is 5.75 Å². The fourth-order valence-electron chi connectivity index (χ4n) is 11.2. The molecule has 2 aromatic rings. The predicted molar refractivity (Wildman–Crippen MR) is 263 cm³/mol. The number of methoxy groups -OCH3 is 3. The van der Waals surface area contributed by atoms with Gasteiger partial charge in [0, 0.05) is 69.8 Å². The summed E-state index contributed by atoms with van der Waals surface area (Å²) in [6.45, 7) is 17.8. The quantitative estimate of drug-likeness (QED) is 0.127. The van der Waals surface area contributed by atoms with Gasteiger partial charge in [0.25, 0.3) is 11.7 Å². The van der Waals surface area contributed by atoms with Crippen LogP contribution in [0.3, 0.4) is 0 Å². The first-order valence-electron chi connectivity index (χ1n) is 25.1. The number of allylic oxidation sites excluding steroid dienone is 4. The first kappa shape index (κ1) is 53.9. The molecule has 14 unspecified atom stereocenters. The second-order valence-electron chi connectivity index (χ2n) is 20.2. The molecule has 14 heteroatoms. The van der Waals surface area contributed by atoms with E-state index in [1.165, 1.54) is 19.1 Å². The van der Waals surface area contributed by atoms with Gasteiger partial charge in [-0.1, -0.05) is 45.1 Å². The zero-order valence-corrected chi connectivity index (χ0v) is 42.2. The number of Topliss-reactive ketones (excluding diaryl/α,β-unsaturated/α-hetero) is 2. The number of carbonyl (C=O) groups is 4. The largest absolute Gasteiger partial charge is 0.488 e. The highest BCUT2D eigenvalue weighted by molar-refractivity contribution is 6.39. The number of aromatic nitrogens is 1. The molecule has 14 atom stereocenters. The minimum atomic E-state index is -2.56. The Balaban J connectivity index is 1.29. The smallest absolute Gasteiger partial charge is 0.329 e. The molecule has 1 saturated carbocycles. The molecule has 14 nitrogen and oxygen atoms in total. The maximum absolute atomic E-state index is 14.6. The summed E-state index contributed by atoms with van der Waals surface area (Å²) in [6, 6.07) is 7.07. The molecule has 1 aromatic carbocycles.